The van der Waals surface area contributed by atoms with Crippen LogP contribution in [-0.4, -0.2) is 0 Å². The highest BCUT2D eigenvalue weighted by Crippen LogP contribution is 2.36. The summed E-state index contributed by atoms with van der Waals surface area (Å²) in [5.41, 5.74) is 2.83. The molecular formula is C23H16Cl2O3. The van der Waals surface area contributed by atoms with Crippen molar-refractivity contribution in [2.24, 2.45) is 0 Å². The molecule has 0 aliphatic carbocycles. The number of halogens is 2. The largest absolute Gasteiger partial charge is 0.481 e. The number of benzene rings is 3. The summed E-state index contributed by atoms with van der Waals surface area (Å²) >= 11 is 12.4. The van der Waals surface area contributed by atoms with E-state index in [4.69, 9.17) is 32.4 Å². The first-order chi connectivity index (χ1) is 13.5. The molecule has 4 aromatic rings. The van der Waals surface area contributed by atoms with Crippen LogP contribution in [0, 0.1) is 6.92 Å². The number of rotatable bonds is 4. The molecule has 0 aliphatic heterocycles. The Balaban J connectivity index is 1.87. The van der Waals surface area contributed by atoms with Crippen LogP contribution in [-0.2, 0) is 6.61 Å². The molecule has 0 N–H and O–H groups in total. The van der Waals surface area contributed by atoms with Crippen LogP contribution in [0.1, 0.15) is 11.1 Å². The van der Waals surface area contributed by atoms with Crippen LogP contribution in [0.2, 0.25) is 10.0 Å². The summed E-state index contributed by atoms with van der Waals surface area (Å²) in [4.78, 5) is 13.2. The van der Waals surface area contributed by atoms with E-state index in [0.29, 0.717) is 32.3 Å². The van der Waals surface area contributed by atoms with Gasteiger partial charge in [0.05, 0.1) is 10.4 Å². The molecule has 3 aromatic carbocycles. The summed E-state index contributed by atoms with van der Waals surface area (Å²) in [7, 11) is 0. The van der Waals surface area contributed by atoms with E-state index < -0.39 is 0 Å². The van der Waals surface area contributed by atoms with Gasteiger partial charge in [0.15, 0.2) is 5.76 Å². The van der Waals surface area contributed by atoms with E-state index in [2.05, 4.69) is 0 Å². The molecule has 0 saturated carbocycles. The monoisotopic (exact) mass is 410 g/mol. The lowest BCUT2D eigenvalue weighted by atomic mass is 10.1. The van der Waals surface area contributed by atoms with Gasteiger partial charge in [-0.2, -0.15) is 0 Å². The Morgan fingerprint density at radius 2 is 1.71 bits per heavy atom. The molecular weight excluding hydrogens is 395 g/mol. The van der Waals surface area contributed by atoms with Gasteiger partial charge >= 0.3 is 0 Å². The Hall–Kier alpha value is -2.75. The Kier molecular flexibility index (Phi) is 5.12. The van der Waals surface area contributed by atoms with Gasteiger partial charge in [0, 0.05) is 10.6 Å². The number of hydrogen-bond acceptors (Lipinski definition) is 3. The average Bonchev–Trinajstić information content (AvgIpc) is 2.69. The molecule has 1 heterocycles. The highest BCUT2D eigenvalue weighted by Gasteiger charge is 2.20. The minimum atomic E-state index is -0.286. The fourth-order valence-corrected chi connectivity index (χ4v) is 3.34. The van der Waals surface area contributed by atoms with E-state index >= 15 is 0 Å². The topological polar surface area (TPSA) is 39.4 Å². The predicted octanol–water partition coefficient (Wildman–Crippen LogP) is 6.65. The van der Waals surface area contributed by atoms with Gasteiger partial charge in [0.2, 0.25) is 11.2 Å². The molecule has 0 radical (unpaired) electrons. The van der Waals surface area contributed by atoms with Crippen molar-refractivity contribution in [3.05, 3.63) is 98.1 Å². The number of aryl methyl sites for hydroxylation is 1. The van der Waals surface area contributed by atoms with Crippen molar-refractivity contribution in [3.8, 4) is 17.1 Å². The van der Waals surface area contributed by atoms with Crippen molar-refractivity contribution in [2.75, 3.05) is 0 Å². The molecule has 0 amide bonds. The van der Waals surface area contributed by atoms with Gasteiger partial charge < -0.3 is 9.15 Å². The zero-order valence-corrected chi connectivity index (χ0v) is 16.6. The van der Waals surface area contributed by atoms with Crippen molar-refractivity contribution < 1.29 is 9.15 Å². The first kappa shape index (κ1) is 18.6. The SMILES string of the molecule is Cc1ccc(COc2c(-c3ccccc3Cl)oc3ccc(Cl)cc3c2=O)cc1. The second-order valence-corrected chi connectivity index (χ2v) is 7.33. The van der Waals surface area contributed by atoms with E-state index in [1.165, 1.54) is 0 Å². The standard InChI is InChI=1S/C23H16Cl2O3/c1-14-6-8-15(9-7-14)13-27-23-21(26)18-12-16(24)10-11-20(18)28-22(23)17-4-2-3-5-19(17)25/h2-12H,13H2,1H3. The third-order valence-corrected chi connectivity index (χ3v) is 5.00. The molecule has 140 valence electrons. The van der Waals surface area contributed by atoms with Gasteiger partial charge in [0.1, 0.15) is 12.2 Å². The van der Waals surface area contributed by atoms with Crippen LogP contribution in [0.5, 0.6) is 5.75 Å². The third-order valence-electron chi connectivity index (χ3n) is 4.43. The molecule has 4 rings (SSSR count). The van der Waals surface area contributed by atoms with Gasteiger partial charge in [-0.25, -0.2) is 0 Å². The summed E-state index contributed by atoms with van der Waals surface area (Å²) in [6.07, 6.45) is 0. The maximum absolute atomic E-state index is 13.2. The molecule has 0 fully saturated rings. The summed E-state index contributed by atoms with van der Waals surface area (Å²) in [6.45, 7) is 2.25. The number of hydrogen-bond donors (Lipinski definition) is 0. The van der Waals surface area contributed by atoms with E-state index in [-0.39, 0.29) is 17.8 Å². The molecule has 28 heavy (non-hydrogen) atoms. The van der Waals surface area contributed by atoms with Crippen molar-refractivity contribution in [3.63, 3.8) is 0 Å². The van der Waals surface area contributed by atoms with Crippen molar-refractivity contribution >= 4 is 34.2 Å². The Labute approximate surface area is 172 Å². The van der Waals surface area contributed by atoms with Crippen LogP contribution < -0.4 is 10.2 Å². The van der Waals surface area contributed by atoms with Crippen molar-refractivity contribution in [1.29, 1.82) is 0 Å². The Morgan fingerprint density at radius 3 is 2.46 bits per heavy atom. The highest BCUT2D eigenvalue weighted by atomic mass is 35.5. The van der Waals surface area contributed by atoms with Gasteiger partial charge in [-0.15, -0.1) is 0 Å². The van der Waals surface area contributed by atoms with Gasteiger partial charge in [-0.1, -0.05) is 65.2 Å². The Morgan fingerprint density at radius 1 is 0.964 bits per heavy atom. The van der Waals surface area contributed by atoms with Gasteiger partial charge in [-0.05, 0) is 42.8 Å². The first-order valence-corrected chi connectivity index (χ1v) is 9.48. The summed E-state index contributed by atoms with van der Waals surface area (Å²) < 4.78 is 12.0. The summed E-state index contributed by atoms with van der Waals surface area (Å²) in [5, 5.41) is 1.29. The van der Waals surface area contributed by atoms with E-state index in [1.54, 1.807) is 30.3 Å². The lowest BCUT2D eigenvalue weighted by Crippen LogP contribution is -2.10. The molecule has 3 nitrogen and oxygen atoms in total. The fourth-order valence-electron chi connectivity index (χ4n) is 2.94. The minimum Gasteiger partial charge on any atom is -0.481 e. The molecule has 0 saturated heterocycles. The highest BCUT2D eigenvalue weighted by molar-refractivity contribution is 6.33. The average molecular weight is 411 g/mol. The molecule has 0 bridgehead atoms. The fraction of sp³-hybridized carbons (Fsp3) is 0.0870. The zero-order chi connectivity index (χ0) is 19.7. The Bertz CT molecular complexity index is 1210. The zero-order valence-electron chi connectivity index (χ0n) is 15.0. The first-order valence-electron chi connectivity index (χ1n) is 8.72. The third kappa shape index (κ3) is 3.64. The predicted molar refractivity (Wildman–Crippen MR) is 113 cm³/mol. The molecule has 0 aliphatic rings. The quantitative estimate of drug-likeness (QED) is 0.377. The van der Waals surface area contributed by atoms with Crippen LogP contribution in [0.4, 0.5) is 0 Å². The van der Waals surface area contributed by atoms with Crippen LogP contribution in [0.15, 0.2) is 75.9 Å². The van der Waals surface area contributed by atoms with E-state index in [1.807, 2.05) is 43.3 Å². The number of ether oxygens (including phenoxy) is 1. The minimum absolute atomic E-state index is 0.114. The summed E-state index contributed by atoms with van der Waals surface area (Å²) in [5.74, 6) is 0.418. The van der Waals surface area contributed by atoms with E-state index in [0.717, 1.165) is 11.1 Å². The van der Waals surface area contributed by atoms with Crippen molar-refractivity contribution in [1.82, 2.24) is 0 Å². The molecule has 5 heteroatoms. The lowest BCUT2D eigenvalue weighted by molar-refractivity contribution is 0.298. The van der Waals surface area contributed by atoms with Crippen LogP contribution in [0.25, 0.3) is 22.3 Å². The molecule has 0 unspecified atom stereocenters. The van der Waals surface area contributed by atoms with E-state index in [9.17, 15) is 4.79 Å². The maximum Gasteiger partial charge on any atom is 0.235 e. The van der Waals surface area contributed by atoms with Crippen molar-refractivity contribution in [2.45, 2.75) is 13.5 Å². The molecule has 0 atom stereocenters. The van der Waals surface area contributed by atoms with Gasteiger partial charge in [-0.3, -0.25) is 4.79 Å². The smallest absolute Gasteiger partial charge is 0.235 e. The van der Waals surface area contributed by atoms with Crippen LogP contribution in [0.3, 0.4) is 0 Å². The maximum atomic E-state index is 13.2. The molecule has 0 spiro atoms. The second-order valence-electron chi connectivity index (χ2n) is 6.48. The summed E-state index contributed by atoms with van der Waals surface area (Å²) in [6, 6.07) is 20.0. The molecule has 1 aromatic heterocycles. The normalized spacial score (nSPS) is 11.0. The number of fused-ring (bicyclic) bond motifs is 1. The second kappa shape index (κ2) is 7.70. The lowest BCUT2D eigenvalue weighted by Gasteiger charge is -2.13. The van der Waals surface area contributed by atoms with Crippen LogP contribution >= 0.6 is 23.2 Å². The van der Waals surface area contributed by atoms with Gasteiger partial charge in [0.25, 0.3) is 0 Å².